The first-order valence-corrected chi connectivity index (χ1v) is 6.66. The summed E-state index contributed by atoms with van der Waals surface area (Å²) in [6.45, 7) is 0. The van der Waals surface area contributed by atoms with Crippen molar-refractivity contribution in [2.75, 3.05) is 0 Å². The number of fused-ring (bicyclic) bond motifs is 2. The molecule has 2 saturated heterocycles. The van der Waals surface area contributed by atoms with Crippen molar-refractivity contribution in [2.24, 2.45) is 5.92 Å². The van der Waals surface area contributed by atoms with E-state index in [1.54, 1.807) is 0 Å². The Labute approximate surface area is 114 Å². The Hall–Kier alpha value is -1.43. The summed E-state index contributed by atoms with van der Waals surface area (Å²) in [4.78, 5) is 15.6. The summed E-state index contributed by atoms with van der Waals surface area (Å²) in [7, 11) is 0. The van der Waals surface area contributed by atoms with Crippen LogP contribution in [0.1, 0.15) is 41.7 Å². The molecule has 0 aromatic carbocycles. The van der Waals surface area contributed by atoms with Crippen molar-refractivity contribution in [1.29, 1.82) is 0 Å². The molecule has 108 valence electrons. The van der Waals surface area contributed by atoms with Crippen LogP contribution >= 0.6 is 0 Å². The first-order chi connectivity index (χ1) is 9.43. The number of carbonyl (C=O) groups excluding carboxylic acids is 1. The quantitative estimate of drug-likeness (QED) is 0.783. The summed E-state index contributed by atoms with van der Waals surface area (Å²) >= 11 is 0. The van der Waals surface area contributed by atoms with Gasteiger partial charge in [0, 0.05) is 17.7 Å². The van der Waals surface area contributed by atoms with Crippen LogP contribution in [0.15, 0.2) is 18.3 Å². The average molecular weight is 285 g/mol. The molecule has 1 aromatic rings. The highest BCUT2D eigenvalue weighted by Gasteiger charge is 2.39. The van der Waals surface area contributed by atoms with Crippen molar-refractivity contribution < 1.29 is 22.7 Å². The Bertz CT molecular complexity index is 517. The lowest BCUT2D eigenvalue weighted by atomic mass is 9.88. The zero-order chi connectivity index (χ0) is 14.3. The van der Waals surface area contributed by atoms with Gasteiger partial charge in [-0.05, 0) is 37.8 Å². The SMILES string of the molecule is O=C(c1ccnc(C(F)(F)F)c1)C1CC2CCC(C1)O2. The van der Waals surface area contributed by atoms with Gasteiger partial charge in [0.1, 0.15) is 5.69 Å². The lowest BCUT2D eigenvalue weighted by Gasteiger charge is -2.27. The van der Waals surface area contributed by atoms with Gasteiger partial charge in [0.2, 0.25) is 0 Å². The Morgan fingerprint density at radius 1 is 1.25 bits per heavy atom. The maximum absolute atomic E-state index is 12.6. The third-order valence-electron chi connectivity index (χ3n) is 4.00. The van der Waals surface area contributed by atoms with Crippen molar-refractivity contribution in [3.05, 3.63) is 29.6 Å². The number of hydrogen-bond donors (Lipinski definition) is 0. The normalized spacial score (nSPS) is 29.4. The first-order valence-electron chi connectivity index (χ1n) is 6.66. The van der Waals surface area contributed by atoms with Crippen LogP contribution in [0.2, 0.25) is 0 Å². The van der Waals surface area contributed by atoms with E-state index in [1.165, 1.54) is 6.07 Å². The number of Topliss-reactive ketones (excluding diaryl/α,β-unsaturated/α-hetero) is 1. The number of carbonyl (C=O) groups is 1. The van der Waals surface area contributed by atoms with Gasteiger partial charge in [-0.2, -0.15) is 13.2 Å². The average Bonchev–Trinajstić information content (AvgIpc) is 2.76. The molecule has 0 aliphatic carbocycles. The molecule has 2 aliphatic heterocycles. The molecule has 2 aliphatic rings. The number of aromatic nitrogens is 1. The van der Waals surface area contributed by atoms with Gasteiger partial charge in [0.05, 0.1) is 12.2 Å². The van der Waals surface area contributed by atoms with E-state index in [2.05, 4.69) is 4.98 Å². The first kappa shape index (κ1) is 13.5. The number of halogens is 3. The molecule has 0 N–H and O–H groups in total. The summed E-state index contributed by atoms with van der Waals surface area (Å²) in [5, 5.41) is 0. The van der Waals surface area contributed by atoms with Gasteiger partial charge in [-0.3, -0.25) is 9.78 Å². The maximum atomic E-state index is 12.6. The van der Waals surface area contributed by atoms with E-state index in [1.807, 2.05) is 0 Å². The summed E-state index contributed by atoms with van der Waals surface area (Å²) in [6, 6.07) is 2.20. The molecule has 2 fully saturated rings. The molecule has 3 rings (SSSR count). The van der Waals surface area contributed by atoms with Crippen LogP contribution in [0.4, 0.5) is 13.2 Å². The van der Waals surface area contributed by atoms with Crippen molar-refractivity contribution in [1.82, 2.24) is 4.98 Å². The van der Waals surface area contributed by atoms with Crippen LogP contribution < -0.4 is 0 Å². The minimum Gasteiger partial charge on any atom is -0.375 e. The lowest BCUT2D eigenvalue weighted by molar-refractivity contribution is -0.141. The number of nitrogens with zero attached hydrogens (tertiary/aromatic N) is 1. The molecule has 0 spiro atoms. The lowest BCUT2D eigenvalue weighted by Crippen LogP contribution is -2.30. The van der Waals surface area contributed by atoms with E-state index in [9.17, 15) is 18.0 Å². The van der Waals surface area contributed by atoms with Crippen LogP contribution in [0, 0.1) is 5.92 Å². The highest BCUT2D eigenvalue weighted by Crippen LogP contribution is 2.37. The zero-order valence-corrected chi connectivity index (χ0v) is 10.7. The molecule has 20 heavy (non-hydrogen) atoms. The predicted molar refractivity (Wildman–Crippen MR) is 64.2 cm³/mol. The van der Waals surface area contributed by atoms with E-state index in [4.69, 9.17) is 4.74 Å². The van der Waals surface area contributed by atoms with E-state index >= 15 is 0 Å². The Balaban J connectivity index is 1.80. The minimum atomic E-state index is -4.52. The van der Waals surface area contributed by atoms with Crippen LogP contribution in [0.25, 0.3) is 0 Å². The topological polar surface area (TPSA) is 39.2 Å². The molecule has 2 atom stereocenters. The molecule has 1 aromatic heterocycles. The third kappa shape index (κ3) is 2.57. The van der Waals surface area contributed by atoms with Gasteiger partial charge in [-0.15, -0.1) is 0 Å². The van der Waals surface area contributed by atoms with Gasteiger partial charge in [0.25, 0.3) is 0 Å². The van der Waals surface area contributed by atoms with Gasteiger partial charge in [-0.25, -0.2) is 0 Å². The fraction of sp³-hybridized carbons (Fsp3) is 0.571. The second-order valence-corrected chi connectivity index (χ2v) is 5.42. The monoisotopic (exact) mass is 285 g/mol. The molecule has 6 heteroatoms. The molecule has 2 bridgehead atoms. The van der Waals surface area contributed by atoms with Crippen molar-refractivity contribution in [3.63, 3.8) is 0 Å². The highest BCUT2D eigenvalue weighted by molar-refractivity contribution is 5.98. The van der Waals surface area contributed by atoms with Gasteiger partial charge >= 0.3 is 6.18 Å². The second kappa shape index (κ2) is 4.84. The number of rotatable bonds is 2. The largest absolute Gasteiger partial charge is 0.433 e. The van der Waals surface area contributed by atoms with E-state index in [0.29, 0.717) is 12.8 Å². The van der Waals surface area contributed by atoms with Crippen LogP contribution in [0.5, 0.6) is 0 Å². The zero-order valence-electron chi connectivity index (χ0n) is 10.7. The molecular weight excluding hydrogens is 271 g/mol. The Morgan fingerprint density at radius 2 is 1.90 bits per heavy atom. The Morgan fingerprint density at radius 3 is 2.50 bits per heavy atom. The molecular formula is C14H14F3NO2. The summed E-state index contributed by atoms with van der Waals surface area (Å²) < 4.78 is 43.5. The Kier molecular flexibility index (Phi) is 3.28. The minimum absolute atomic E-state index is 0.0895. The highest BCUT2D eigenvalue weighted by atomic mass is 19.4. The van der Waals surface area contributed by atoms with Crippen LogP contribution in [-0.4, -0.2) is 23.0 Å². The van der Waals surface area contributed by atoms with Crippen molar-refractivity contribution in [3.8, 4) is 0 Å². The second-order valence-electron chi connectivity index (χ2n) is 5.42. The van der Waals surface area contributed by atoms with Gasteiger partial charge in [-0.1, -0.05) is 0 Å². The molecule has 0 radical (unpaired) electrons. The third-order valence-corrected chi connectivity index (χ3v) is 4.00. The fourth-order valence-electron chi connectivity index (χ4n) is 3.05. The smallest absolute Gasteiger partial charge is 0.375 e. The number of ketones is 1. The number of alkyl halides is 3. The maximum Gasteiger partial charge on any atom is 0.433 e. The number of pyridine rings is 1. The van der Waals surface area contributed by atoms with Crippen LogP contribution in [0.3, 0.4) is 0 Å². The molecule has 2 unspecified atom stereocenters. The molecule has 0 amide bonds. The number of ether oxygens (including phenoxy) is 1. The number of hydrogen-bond acceptors (Lipinski definition) is 3. The molecule has 3 heterocycles. The standard InChI is InChI=1S/C14H14F3NO2/c15-14(16,17)12-7-8(3-4-18-12)13(19)9-5-10-1-2-11(6-9)20-10/h3-4,7,9-11H,1-2,5-6H2. The molecule has 0 saturated carbocycles. The van der Waals surface area contributed by atoms with Crippen molar-refractivity contribution in [2.45, 2.75) is 44.1 Å². The van der Waals surface area contributed by atoms with Crippen LogP contribution in [-0.2, 0) is 10.9 Å². The van der Waals surface area contributed by atoms with Gasteiger partial charge < -0.3 is 4.74 Å². The summed E-state index contributed by atoms with van der Waals surface area (Å²) in [5.74, 6) is -0.456. The van der Waals surface area contributed by atoms with Gasteiger partial charge in [0.15, 0.2) is 5.78 Å². The fourth-order valence-corrected chi connectivity index (χ4v) is 3.05. The van der Waals surface area contributed by atoms with E-state index in [-0.39, 0.29) is 29.5 Å². The van der Waals surface area contributed by atoms with Crippen molar-refractivity contribution >= 4 is 5.78 Å². The van der Waals surface area contributed by atoms with E-state index < -0.39 is 11.9 Å². The summed E-state index contributed by atoms with van der Waals surface area (Å²) in [6.07, 6.45) is -0.192. The summed E-state index contributed by atoms with van der Waals surface area (Å²) in [5.41, 5.74) is -0.919. The predicted octanol–water partition coefficient (Wildman–Crippen LogP) is 3.24. The van der Waals surface area contributed by atoms with E-state index in [0.717, 1.165) is 25.1 Å². The molecule has 3 nitrogen and oxygen atoms in total.